The van der Waals surface area contributed by atoms with Gasteiger partial charge in [-0.15, -0.1) is 0 Å². The number of hydrogen-bond donors (Lipinski definition) is 1. The van der Waals surface area contributed by atoms with Gasteiger partial charge >= 0.3 is 0 Å². The highest BCUT2D eigenvalue weighted by molar-refractivity contribution is 6.43. The van der Waals surface area contributed by atoms with Gasteiger partial charge in [0.05, 0.1) is 21.2 Å². The van der Waals surface area contributed by atoms with Crippen LogP contribution < -0.4 is 5.32 Å². The minimum absolute atomic E-state index is 0.0107. The Morgan fingerprint density at radius 3 is 2.04 bits per heavy atom. The number of rotatable bonds is 3. The molecule has 3 rings (SSSR count). The van der Waals surface area contributed by atoms with Crippen LogP contribution in [-0.4, -0.2) is 28.7 Å². The minimum Gasteiger partial charge on any atom is -0.324 e. The molecule has 5 nitrogen and oxygen atoms in total. The summed E-state index contributed by atoms with van der Waals surface area (Å²) >= 11 is 11.7. The molecule has 9 heteroatoms. The molecule has 1 unspecified atom stereocenters. The van der Waals surface area contributed by atoms with Gasteiger partial charge in [0.25, 0.3) is 11.8 Å². The molecule has 0 radical (unpaired) electrons. The lowest BCUT2D eigenvalue weighted by atomic mass is 10.1. The van der Waals surface area contributed by atoms with E-state index < -0.39 is 35.4 Å². The van der Waals surface area contributed by atoms with E-state index in [0.29, 0.717) is 0 Å². The van der Waals surface area contributed by atoms with Crippen molar-refractivity contribution in [2.75, 3.05) is 5.32 Å². The number of halogens is 4. The number of carbonyl (C=O) groups is 3. The largest absolute Gasteiger partial charge is 0.324 e. The number of amides is 3. The van der Waals surface area contributed by atoms with Gasteiger partial charge in [-0.1, -0.05) is 23.2 Å². The smallest absolute Gasteiger partial charge is 0.262 e. The standard InChI is InChI=1S/C17H10Cl2F2N2O3/c1-7(15(24)22-8-2-3-13(20)14(21)4-8)23-16(25)9-5-11(18)12(19)6-10(9)17(23)26/h2-7H,1H3,(H,22,24). The molecule has 2 aromatic rings. The highest BCUT2D eigenvalue weighted by atomic mass is 35.5. The number of nitrogens with zero attached hydrogens (tertiary/aromatic N) is 1. The summed E-state index contributed by atoms with van der Waals surface area (Å²) in [5.41, 5.74) is 0.0669. The van der Waals surface area contributed by atoms with E-state index in [1.54, 1.807) is 0 Å². The molecule has 0 aliphatic carbocycles. The lowest BCUT2D eigenvalue weighted by Crippen LogP contribution is -2.45. The van der Waals surface area contributed by atoms with Gasteiger partial charge in [-0.2, -0.15) is 0 Å². The fraction of sp³-hybridized carbons (Fsp3) is 0.118. The number of nitrogens with one attached hydrogen (secondary N) is 1. The second-order valence-electron chi connectivity index (χ2n) is 5.59. The number of imide groups is 1. The van der Waals surface area contributed by atoms with E-state index in [9.17, 15) is 23.2 Å². The highest BCUT2D eigenvalue weighted by Gasteiger charge is 2.41. The molecule has 1 aliphatic rings. The summed E-state index contributed by atoms with van der Waals surface area (Å²) in [6, 6.07) is 4.13. The van der Waals surface area contributed by atoms with E-state index >= 15 is 0 Å². The van der Waals surface area contributed by atoms with Crippen LogP contribution in [0.4, 0.5) is 14.5 Å². The van der Waals surface area contributed by atoms with Crippen LogP contribution in [-0.2, 0) is 4.79 Å². The molecule has 0 fully saturated rings. The van der Waals surface area contributed by atoms with Gasteiger partial charge in [0.2, 0.25) is 5.91 Å². The van der Waals surface area contributed by atoms with Gasteiger partial charge in [-0.05, 0) is 31.2 Å². The quantitative estimate of drug-likeness (QED) is 0.797. The third-order valence-electron chi connectivity index (χ3n) is 3.91. The summed E-state index contributed by atoms with van der Waals surface area (Å²) in [7, 11) is 0. The van der Waals surface area contributed by atoms with Gasteiger partial charge in [0.15, 0.2) is 11.6 Å². The molecule has 1 aliphatic heterocycles. The summed E-state index contributed by atoms with van der Waals surface area (Å²) in [4.78, 5) is 38.1. The molecular formula is C17H10Cl2F2N2O3. The Morgan fingerprint density at radius 2 is 1.54 bits per heavy atom. The van der Waals surface area contributed by atoms with Crippen molar-refractivity contribution in [1.29, 1.82) is 0 Å². The maximum absolute atomic E-state index is 13.2. The van der Waals surface area contributed by atoms with Crippen LogP contribution in [0.25, 0.3) is 0 Å². The topological polar surface area (TPSA) is 66.5 Å². The van der Waals surface area contributed by atoms with E-state index in [1.807, 2.05) is 0 Å². The normalized spacial score (nSPS) is 14.4. The third-order valence-corrected chi connectivity index (χ3v) is 4.63. The Bertz CT molecular complexity index is 924. The molecule has 1 N–H and O–H groups in total. The number of benzene rings is 2. The number of fused-ring (bicyclic) bond motifs is 1. The summed E-state index contributed by atoms with van der Waals surface area (Å²) in [5.74, 6) is -4.35. The molecule has 1 atom stereocenters. The molecular weight excluding hydrogens is 389 g/mol. The van der Waals surface area contributed by atoms with Gasteiger partial charge < -0.3 is 5.32 Å². The highest BCUT2D eigenvalue weighted by Crippen LogP contribution is 2.32. The van der Waals surface area contributed by atoms with Gasteiger partial charge in [0.1, 0.15) is 6.04 Å². The van der Waals surface area contributed by atoms with Crippen LogP contribution in [0.1, 0.15) is 27.6 Å². The van der Waals surface area contributed by atoms with Crippen molar-refractivity contribution in [1.82, 2.24) is 4.90 Å². The average molecular weight is 399 g/mol. The molecule has 0 bridgehead atoms. The average Bonchev–Trinajstić information content (AvgIpc) is 2.82. The molecule has 1 heterocycles. The van der Waals surface area contributed by atoms with E-state index in [1.165, 1.54) is 19.1 Å². The van der Waals surface area contributed by atoms with Crippen LogP contribution in [0, 0.1) is 11.6 Å². The van der Waals surface area contributed by atoms with Crippen molar-refractivity contribution in [3.63, 3.8) is 0 Å². The number of hydrogen-bond acceptors (Lipinski definition) is 3. The van der Waals surface area contributed by atoms with E-state index in [4.69, 9.17) is 23.2 Å². The van der Waals surface area contributed by atoms with Crippen molar-refractivity contribution in [3.8, 4) is 0 Å². The van der Waals surface area contributed by atoms with Crippen LogP contribution >= 0.6 is 23.2 Å². The zero-order chi connectivity index (χ0) is 19.2. The lowest BCUT2D eigenvalue weighted by Gasteiger charge is -2.21. The van der Waals surface area contributed by atoms with E-state index in [0.717, 1.165) is 23.1 Å². The Morgan fingerprint density at radius 1 is 1.00 bits per heavy atom. The molecule has 2 aromatic carbocycles. The number of anilines is 1. The van der Waals surface area contributed by atoms with Crippen LogP contribution in [0.3, 0.4) is 0 Å². The molecule has 26 heavy (non-hydrogen) atoms. The van der Waals surface area contributed by atoms with Crippen molar-refractivity contribution in [2.24, 2.45) is 0 Å². The molecule has 134 valence electrons. The predicted molar refractivity (Wildman–Crippen MR) is 91.4 cm³/mol. The van der Waals surface area contributed by atoms with Crippen LogP contribution in [0.5, 0.6) is 0 Å². The molecule has 0 saturated heterocycles. The Hall–Kier alpha value is -2.51. The second kappa shape index (κ2) is 6.66. The first-order valence-electron chi connectivity index (χ1n) is 7.33. The SMILES string of the molecule is CC(C(=O)Nc1ccc(F)c(F)c1)N1C(=O)c2cc(Cl)c(Cl)cc2C1=O. The molecule has 3 amide bonds. The second-order valence-corrected chi connectivity index (χ2v) is 6.40. The Balaban J connectivity index is 1.84. The van der Waals surface area contributed by atoms with Crippen molar-refractivity contribution >= 4 is 46.6 Å². The van der Waals surface area contributed by atoms with Gasteiger partial charge in [0, 0.05) is 11.8 Å². The summed E-state index contributed by atoms with van der Waals surface area (Å²) in [6.07, 6.45) is 0. The van der Waals surface area contributed by atoms with E-state index in [-0.39, 0.29) is 26.9 Å². The zero-order valence-corrected chi connectivity index (χ0v) is 14.7. The first-order valence-corrected chi connectivity index (χ1v) is 8.09. The maximum Gasteiger partial charge on any atom is 0.262 e. The molecule has 0 spiro atoms. The van der Waals surface area contributed by atoms with Gasteiger partial charge in [-0.25, -0.2) is 8.78 Å². The minimum atomic E-state index is -1.20. The summed E-state index contributed by atoms with van der Waals surface area (Å²) < 4.78 is 26.2. The maximum atomic E-state index is 13.2. The first-order chi connectivity index (χ1) is 12.2. The van der Waals surface area contributed by atoms with E-state index in [2.05, 4.69) is 5.32 Å². The third kappa shape index (κ3) is 3.04. The Kier molecular flexibility index (Phi) is 4.68. The Labute approximate surface area is 156 Å². The molecule has 0 saturated carbocycles. The number of carbonyl (C=O) groups excluding carboxylic acids is 3. The zero-order valence-electron chi connectivity index (χ0n) is 13.1. The monoisotopic (exact) mass is 398 g/mol. The van der Waals surface area contributed by atoms with Crippen molar-refractivity contribution in [2.45, 2.75) is 13.0 Å². The van der Waals surface area contributed by atoms with Crippen molar-refractivity contribution in [3.05, 3.63) is 63.1 Å². The fourth-order valence-corrected chi connectivity index (χ4v) is 2.87. The van der Waals surface area contributed by atoms with Crippen molar-refractivity contribution < 1.29 is 23.2 Å². The van der Waals surface area contributed by atoms with Crippen LogP contribution in [0.15, 0.2) is 30.3 Å². The fourth-order valence-electron chi connectivity index (χ4n) is 2.54. The lowest BCUT2D eigenvalue weighted by molar-refractivity contribution is -0.119. The summed E-state index contributed by atoms with van der Waals surface area (Å²) in [5, 5.41) is 2.54. The predicted octanol–water partition coefficient (Wildman–Crippen LogP) is 3.89. The summed E-state index contributed by atoms with van der Waals surface area (Å²) in [6.45, 7) is 1.33. The van der Waals surface area contributed by atoms with Crippen LogP contribution in [0.2, 0.25) is 10.0 Å². The first kappa shape index (κ1) is 18.3. The molecule has 0 aromatic heterocycles. The van der Waals surface area contributed by atoms with Gasteiger partial charge in [-0.3, -0.25) is 19.3 Å².